The van der Waals surface area contributed by atoms with Gasteiger partial charge in [0.25, 0.3) is 5.91 Å². The molecule has 2 aliphatic rings. The Morgan fingerprint density at radius 2 is 1.93 bits per heavy atom. The van der Waals surface area contributed by atoms with E-state index in [2.05, 4.69) is 6.92 Å². The van der Waals surface area contributed by atoms with Gasteiger partial charge in [-0.25, -0.2) is 8.42 Å². The molecule has 2 fully saturated rings. The Morgan fingerprint density at radius 1 is 1.22 bits per heavy atom. The Labute approximate surface area is 162 Å². The molecule has 1 saturated carbocycles. The summed E-state index contributed by atoms with van der Waals surface area (Å²) in [6.45, 7) is 6.99. The van der Waals surface area contributed by atoms with Crippen LogP contribution in [0.5, 0.6) is 0 Å². The van der Waals surface area contributed by atoms with Crippen LogP contribution in [0.2, 0.25) is 0 Å². The summed E-state index contributed by atoms with van der Waals surface area (Å²) in [6, 6.07) is 5.15. The zero-order valence-electron chi connectivity index (χ0n) is 16.3. The lowest BCUT2D eigenvalue weighted by Crippen LogP contribution is -2.41. The fourth-order valence-electron chi connectivity index (χ4n) is 3.49. The standard InChI is InChI=1S/C20H30N2O4S/c1-3-9-21(15-16-5-6-16)20(23)18-8-7-17(4-2)19(14-18)27(24,25)22-10-12-26-13-11-22/h7-8,14,16H,3-6,9-13,15H2,1-2H3. The molecule has 0 spiro atoms. The Kier molecular flexibility index (Phi) is 6.55. The second-order valence-electron chi connectivity index (χ2n) is 7.39. The van der Waals surface area contributed by atoms with Crippen molar-refractivity contribution in [2.45, 2.75) is 44.4 Å². The van der Waals surface area contributed by atoms with Gasteiger partial charge in [0.05, 0.1) is 18.1 Å². The maximum atomic E-state index is 13.2. The number of ether oxygens (including phenoxy) is 1. The Morgan fingerprint density at radius 3 is 2.52 bits per heavy atom. The van der Waals surface area contributed by atoms with Gasteiger partial charge in [0.2, 0.25) is 10.0 Å². The van der Waals surface area contributed by atoms with E-state index in [-0.39, 0.29) is 10.8 Å². The molecule has 0 radical (unpaired) electrons. The molecule has 0 atom stereocenters. The van der Waals surface area contributed by atoms with E-state index in [0.29, 0.717) is 50.8 Å². The average Bonchev–Trinajstić information content (AvgIpc) is 3.51. The summed E-state index contributed by atoms with van der Waals surface area (Å²) < 4.78 is 33.1. The molecule has 1 aromatic rings. The van der Waals surface area contributed by atoms with Gasteiger partial charge in [0.15, 0.2) is 0 Å². The fraction of sp³-hybridized carbons (Fsp3) is 0.650. The lowest BCUT2D eigenvalue weighted by Gasteiger charge is -2.27. The number of aryl methyl sites for hydroxylation is 1. The van der Waals surface area contributed by atoms with Gasteiger partial charge in [0.1, 0.15) is 0 Å². The Hall–Kier alpha value is -1.44. The number of hydrogen-bond donors (Lipinski definition) is 0. The molecule has 1 amide bonds. The van der Waals surface area contributed by atoms with Crippen molar-refractivity contribution in [3.05, 3.63) is 29.3 Å². The third-order valence-corrected chi connectivity index (χ3v) is 7.22. The number of nitrogens with zero attached hydrogens (tertiary/aromatic N) is 2. The largest absolute Gasteiger partial charge is 0.379 e. The van der Waals surface area contributed by atoms with Crippen LogP contribution >= 0.6 is 0 Å². The minimum absolute atomic E-state index is 0.0650. The summed E-state index contributed by atoms with van der Waals surface area (Å²) in [6.07, 6.45) is 3.86. The van der Waals surface area contributed by atoms with Crippen LogP contribution in [0.4, 0.5) is 0 Å². The van der Waals surface area contributed by atoms with E-state index in [4.69, 9.17) is 4.74 Å². The molecule has 0 bridgehead atoms. The van der Waals surface area contributed by atoms with Gasteiger partial charge in [-0.05, 0) is 49.3 Å². The van der Waals surface area contributed by atoms with Crippen molar-refractivity contribution < 1.29 is 17.9 Å². The third-order valence-electron chi connectivity index (χ3n) is 5.24. The molecule has 1 aliphatic heterocycles. The molecular weight excluding hydrogens is 364 g/mol. The van der Waals surface area contributed by atoms with Gasteiger partial charge in [-0.15, -0.1) is 0 Å². The summed E-state index contributed by atoms with van der Waals surface area (Å²) in [4.78, 5) is 15.2. The zero-order chi connectivity index (χ0) is 19.4. The maximum Gasteiger partial charge on any atom is 0.253 e. The second-order valence-corrected chi connectivity index (χ2v) is 9.29. The lowest BCUT2D eigenvalue weighted by atomic mass is 10.1. The minimum atomic E-state index is -3.63. The number of carbonyl (C=O) groups is 1. The predicted molar refractivity (Wildman–Crippen MR) is 104 cm³/mol. The molecule has 6 nitrogen and oxygen atoms in total. The summed E-state index contributed by atoms with van der Waals surface area (Å²) in [5.74, 6) is 0.539. The van der Waals surface area contributed by atoms with Crippen LogP contribution in [0.1, 0.15) is 49.0 Å². The van der Waals surface area contributed by atoms with Gasteiger partial charge < -0.3 is 9.64 Å². The number of hydrogen-bond acceptors (Lipinski definition) is 4. The Balaban J connectivity index is 1.91. The first kappa shape index (κ1) is 20.3. The molecule has 7 heteroatoms. The first-order valence-corrected chi connectivity index (χ1v) is 11.4. The van der Waals surface area contributed by atoms with Crippen LogP contribution in [0.15, 0.2) is 23.1 Å². The molecule has 27 heavy (non-hydrogen) atoms. The molecule has 1 saturated heterocycles. The molecule has 0 unspecified atom stereocenters. The third kappa shape index (κ3) is 4.70. The molecule has 1 heterocycles. The summed E-state index contributed by atoms with van der Waals surface area (Å²) >= 11 is 0. The first-order chi connectivity index (χ1) is 13.0. The van der Waals surface area contributed by atoms with Crippen LogP contribution in [-0.2, 0) is 21.2 Å². The van der Waals surface area contributed by atoms with Crippen molar-refractivity contribution in [1.29, 1.82) is 0 Å². The molecule has 0 aromatic heterocycles. The highest BCUT2D eigenvalue weighted by atomic mass is 32.2. The first-order valence-electron chi connectivity index (χ1n) is 9.97. The second kappa shape index (κ2) is 8.71. The number of rotatable bonds is 8. The Bertz CT molecular complexity index is 768. The van der Waals surface area contributed by atoms with Gasteiger partial charge in [-0.1, -0.05) is 19.9 Å². The van der Waals surface area contributed by atoms with E-state index >= 15 is 0 Å². The number of sulfonamides is 1. The molecule has 150 valence electrons. The van der Waals surface area contributed by atoms with Crippen molar-refractivity contribution in [1.82, 2.24) is 9.21 Å². The van der Waals surface area contributed by atoms with Crippen molar-refractivity contribution in [2.24, 2.45) is 5.92 Å². The van der Waals surface area contributed by atoms with Gasteiger partial charge in [0, 0.05) is 31.7 Å². The summed E-state index contributed by atoms with van der Waals surface area (Å²) in [7, 11) is -3.63. The van der Waals surface area contributed by atoms with Gasteiger partial charge >= 0.3 is 0 Å². The monoisotopic (exact) mass is 394 g/mol. The van der Waals surface area contributed by atoms with E-state index in [0.717, 1.165) is 18.5 Å². The van der Waals surface area contributed by atoms with Crippen molar-refractivity contribution >= 4 is 15.9 Å². The van der Waals surface area contributed by atoms with Gasteiger partial charge in [-0.3, -0.25) is 4.79 Å². The number of carbonyl (C=O) groups excluding carboxylic acids is 1. The molecule has 1 aromatic carbocycles. The van der Waals surface area contributed by atoms with E-state index in [1.165, 1.54) is 17.1 Å². The van der Waals surface area contributed by atoms with Crippen LogP contribution in [0, 0.1) is 5.92 Å². The minimum Gasteiger partial charge on any atom is -0.379 e. The van der Waals surface area contributed by atoms with Crippen LogP contribution in [-0.4, -0.2) is 62.9 Å². The van der Waals surface area contributed by atoms with Crippen molar-refractivity contribution in [2.75, 3.05) is 39.4 Å². The van der Waals surface area contributed by atoms with Crippen molar-refractivity contribution in [3.63, 3.8) is 0 Å². The summed E-state index contributed by atoms with van der Waals surface area (Å²) in [5.41, 5.74) is 1.22. The average molecular weight is 395 g/mol. The summed E-state index contributed by atoms with van der Waals surface area (Å²) in [5, 5.41) is 0. The van der Waals surface area contributed by atoms with Crippen LogP contribution < -0.4 is 0 Å². The SMILES string of the molecule is CCCN(CC1CC1)C(=O)c1ccc(CC)c(S(=O)(=O)N2CCOCC2)c1. The van der Waals surface area contributed by atoms with Gasteiger partial charge in [-0.2, -0.15) is 4.31 Å². The lowest BCUT2D eigenvalue weighted by molar-refractivity contribution is 0.0729. The fourth-order valence-corrected chi connectivity index (χ4v) is 5.21. The van der Waals surface area contributed by atoms with E-state index < -0.39 is 10.0 Å². The quantitative estimate of drug-likeness (QED) is 0.680. The zero-order valence-corrected chi connectivity index (χ0v) is 17.1. The smallest absolute Gasteiger partial charge is 0.253 e. The molecule has 1 aliphatic carbocycles. The molecule has 3 rings (SSSR count). The van der Waals surface area contributed by atoms with Crippen molar-refractivity contribution in [3.8, 4) is 0 Å². The van der Waals surface area contributed by atoms with E-state index in [9.17, 15) is 13.2 Å². The highest BCUT2D eigenvalue weighted by Gasteiger charge is 2.31. The van der Waals surface area contributed by atoms with Crippen LogP contribution in [0.3, 0.4) is 0 Å². The number of benzene rings is 1. The topological polar surface area (TPSA) is 66.9 Å². The maximum absolute atomic E-state index is 13.2. The van der Waals surface area contributed by atoms with E-state index in [1.54, 1.807) is 18.2 Å². The highest BCUT2D eigenvalue weighted by molar-refractivity contribution is 7.89. The van der Waals surface area contributed by atoms with E-state index in [1.807, 2.05) is 11.8 Å². The van der Waals surface area contributed by atoms with Crippen LogP contribution in [0.25, 0.3) is 0 Å². The predicted octanol–water partition coefficient (Wildman–Crippen LogP) is 2.53. The number of amides is 1. The molecule has 0 N–H and O–H groups in total. The number of morpholine rings is 1. The highest BCUT2D eigenvalue weighted by Crippen LogP contribution is 2.31. The normalized spacial score (nSPS) is 18.4. The molecular formula is C20H30N2O4S.